The summed E-state index contributed by atoms with van der Waals surface area (Å²) in [7, 11) is 0. The highest BCUT2D eigenvalue weighted by atomic mass is 16.7. The predicted molar refractivity (Wildman–Crippen MR) is 93.6 cm³/mol. The number of oxime groups is 1. The van der Waals surface area contributed by atoms with E-state index in [1.807, 2.05) is 30.3 Å². The number of benzene rings is 1. The van der Waals surface area contributed by atoms with Crippen LogP contribution in [0.4, 0.5) is 0 Å². The van der Waals surface area contributed by atoms with Gasteiger partial charge in [0.15, 0.2) is 5.60 Å². The molecule has 0 saturated carbocycles. The van der Waals surface area contributed by atoms with Crippen molar-refractivity contribution in [2.24, 2.45) is 16.0 Å². The maximum Gasteiger partial charge on any atom is 0.251 e. The molecule has 0 aromatic heterocycles. The largest absolute Gasteiger partial charge is 0.386 e. The number of carbonyl (C=O) groups excluding carboxylic acids is 1. The van der Waals surface area contributed by atoms with Crippen LogP contribution in [0.25, 0.3) is 0 Å². The number of hydrogen-bond donors (Lipinski definition) is 1. The highest BCUT2D eigenvalue weighted by Crippen LogP contribution is 2.43. The first-order valence-corrected chi connectivity index (χ1v) is 8.14. The third-order valence-electron chi connectivity index (χ3n) is 4.59. The lowest BCUT2D eigenvalue weighted by atomic mass is 9.71. The molecule has 0 saturated heterocycles. The van der Waals surface area contributed by atoms with E-state index in [-0.39, 0.29) is 16.7 Å². The zero-order chi connectivity index (χ0) is 17.3. The van der Waals surface area contributed by atoms with Crippen molar-refractivity contribution in [2.75, 3.05) is 6.54 Å². The topological polar surface area (TPSA) is 50.7 Å². The quantitative estimate of drug-likeness (QED) is 0.915. The van der Waals surface area contributed by atoms with Crippen molar-refractivity contribution in [3.05, 3.63) is 35.9 Å². The average Bonchev–Trinajstić information content (AvgIpc) is 2.91. The van der Waals surface area contributed by atoms with E-state index in [0.717, 1.165) is 12.1 Å². The normalized spacial score (nSPS) is 21.6. The zero-order valence-electron chi connectivity index (χ0n) is 15.1. The molecule has 0 radical (unpaired) electrons. The van der Waals surface area contributed by atoms with Gasteiger partial charge in [-0.1, -0.05) is 64.9 Å². The van der Waals surface area contributed by atoms with Gasteiger partial charge in [0.25, 0.3) is 5.91 Å². The van der Waals surface area contributed by atoms with E-state index in [9.17, 15) is 4.79 Å². The van der Waals surface area contributed by atoms with E-state index >= 15 is 0 Å². The summed E-state index contributed by atoms with van der Waals surface area (Å²) >= 11 is 0. The maximum atomic E-state index is 12.3. The Morgan fingerprint density at radius 2 is 1.78 bits per heavy atom. The molecule has 0 aliphatic carbocycles. The molecule has 1 aliphatic rings. The van der Waals surface area contributed by atoms with Crippen molar-refractivity contribution in [1.82, 2.24) is 5.32 Å². The van der Waals surface area contributed by atoms with Crippen molar-refractivity contribution >= 4 is 11.6 Å². The molecular weight excluding hydrogens is 288 g/mol. The van der Waals surface area contributed by atoms with Gasteiger partial charge < -0.3 is 10.2 Å². The molecule has 1 amide bonds. The number of hydrogen-bond acceptors (Lipinski definition) is 3. The third kappa shape index (κ3) is 3.74. The molecule has 1 aliphatic heterocycles. The van der Waals surface area contributed by atoms with Crippen LogP contribution in [-0.4, -0.2) is 23.8 Å². The molecule has 0 fully saturated rings. The number of nitrogens with one attached hydrogen (secondary N) is 1. The van der Waals surface area contributed by atoms with Crippen LogP contribution in [0.15, 0.2) is 35.5 Å². The summed E-state index contributed by atoms with van der Waals surface area (Å²) < 4.78 is 0. The fourth-order valence-corrected chi connectivity index (χ4v) is 2.56. The number of amides is 1. The van der Waals surface area contributed by atoms with Crippen molar-refractivity contribution in [1.29, 1.82) is 0 Å². The van der Waals surface area contributed by atoms with Gasteiger partial charge in [0.2, 0.25) is 0 Å². The Morgan fingerprint density at radius 3 is 2.26 bits per heavy atom. The molecule has 4 nitrogen and oxygen atoms in total. The number of rotatable bonds is 3. The van der Waals surface area contributed by atoms with Gasteiger partial charge in [-0.25, -0.2) is 0 Å². The summed E-state index contributed by atoms with van der Waals surface area (Å²) in [5.74, 6) is -0.0815. The number of carbonyl (C=O) groups is 1. The third-order valence-corrected chi connectivity index (χ3v) is 4.59. The van der Waals surface area contributed by atoms with Crippen molar-refractivity contribution in [3.8, 4) is 0 Å². The molecule has 1 aromatic carbocycles. The van der Waals surface area contributed by atoms with E-state index in [2.05, 4.69) is 52.0 Å². The van der Waals surface area contributed by atoms with Crippen LogP contribution in [0.3, 0.4) is 0 Å². The van der Waals surface area contributed by atoms with Crippen LogP contribution < -0.4 is 5.32 Å². The summed E-state index contributed by atoms with van der Waals surface area (Å²) in [6.45, 7) is 13.2. The molecular formula is C19H28N2O2. The first-order valence-electron chi connectivity index (χ1n) is 8.14. The van der Waals surface area contributed by atoms with E-state index < -0.39 is 5.60 Å². The minimum absolute atomic E-state index is 0.0313. The second-order valence-electron chi connectivity index (χ2n) is 8.35. The molecule has 126 valence electrons. The van der Waals surface area contributed by atoms with E-state index in [1.165, 1.54) is 0 Å². The Kier molecular flexibility index (Phi) is 4.56. The van der Waals surface area contributed by atoms with Crippen LogP contribution in [0, 0.1) is 10.8 Å². The summed E-state index contributed by atoms with van der Waals surface area (Å²) in [6.07, 6.45) is 0.731. The second-order valence-corrected chi connectivity index (χ2v) is 8.35. The predicted octanol–water partition coefficient (Wildman–Crippen LogP) is 4.02. The molecule has 0 bridgehead atoms. The molecule has 1 atom stereocenters. The monoisotopic (exact) mass is 316 g/mol. The minimum atomic E-state index is -0.514. The highest BCUT2D eigenvalue weighted by molar-refractivity contribution is 5.94. The van der Waals surface area contributed by atoms with Crippen LogP contribution >= 0.6 is 0 Å². The van der Waals surface area contributed by atoms with Gasteiger partial charge in [0.05, 0.1) is 12.3 Å². The van der Waals surface area contributed by atoms with Crippen molar-refractivity contribution < 1.29 is 9.63 Å². The van der Waals surface area contributed by atoms with Crippen LogP contribution in [-0.2, 0) is 4.84 Å². The molecule has 23 heavy (non-hydrogen) atoms. The minimum Gasteiger partial charge on any atom is -0.386 e. The van der Waals surface area contributed by atoms with Crippen LogP contribution in [0.5, 0.6) is 0 Å². The fraction of sp³-hybridized carbons (Fsp3) is 0.579. The number of nitrogens with zero attached hydrogens (tertiary/aromatic N) is 1. The van der Waals surface area contributed by atoms with Crippen molar-refractivity contribution in [3.63, 3.8) is 0 Å². The smallest absolute Gasteiger partial charge is 0.251 e. The van der Waals surface area contributed by atoms with Crippen LogP contribution in [0.2, 0.25) is 0 Å². The van der Waals surface area contributed by atoms with E-state index in [4.69, 9.17) is 4.84 Å². The van der Waals surface area contributed by atoms with Gasteiger partial charge in [-0.15, -0.1) is 0 Å². The standard InChI is InChI=1S/C19H28N2O2/c1-17(2,3)15-12-19(23-21-15,18(4,5)6)13-20-16(22)14-10-8-7-9-11-14/h7-11H,12-13H2,1-6H3,(H,20,22). The highest BCUT2D eigenvalue weighted by Gasteiger charge is 2.50. The maximum absolute atomic E-state index is 12.3. The first-order chi connectivity index (χ1) is 10.6. The Bertz CT molecular complexity index is 594. The average molecular weight is 316 g/mol. The van der Waals surface area contributed by atoms with Gasteiger partial charge in [-0.2, -0.15) is 0 Å². The van der Waals surface area contributed by atoms with Gasteiger partial charge in [0.1, 0.15) is 0 Å². The molecule has 4 heteroatoms. The zero-order valence-corrected chi connectivity index (χ0v) is 15.1. The summed E-state index contributed by atoms with van der Waals surface area (Å²) in [6, 6.07) is 9.25. The SMILES string of the molecule is CC(C)(C)C1=NOC(CNC(=O)c2ccccc2)(C(C)(C)C)C1. The van der Waals surface area contributed by atoms with Gasteiger partial charge in [-0.3, -0.25) is 4.79 Å². The Morgan fingerprint density at radius 1 is 1.17 bits per heavy atom. The Hall–Kier alpha value is -1.84. The lowest BCUT2D eigenvalue weighted by Crippen LogP contribution is -2.52. The molecule has 1 aromatic rings. The summed E-state index contributed by atoms with van der Waals surface area (Å²) in [4.78, 5) is 18.2. The van der Waals surface area contributed by atoms with Crippen LogP contribution in [0.1, 0.15) is 58.3 Å². The van der Waals surface area contributed by atoms with Gasteiger partial charge in [-0.05, 0) is 12.1 Å². The first kappa shape index (κ1) is 17.5. The summed E-state index contributed by atoms with van der Waals surface area (Å²) in [5.41, 5.74) is 1.01. The van der Waals surface area contributed by atoms with E-state index in [1.54, 1.807) is 0 Å². The molecule has 2 rings (SSSR count). The van der Waals surface area contributed by atoms with Crippen molar-refractivity contribution in [2.45, 2.75) is 53.6 Å². The molecule has 1 unspecified atom stereocenters. The fourth-order valence-electron chi connectivity index (χ4n) is 2.56. The lowest BCUT2D eigenvalue weighted by molar-refractivity contribution is -0.0918. The Balaban J connectivity index is 2.12. The van der Waals surface area contributed by atoms with Gasteiger partial charge in [0, 0.05) is 22.8 Å². The Labute approximate surface area is 139 Å². The summed E-state index contributed by atoms with van der Waals surface area (Å²) in [5, 5.41) is 7.37. The molecule has 1 N–H and O–H groups in total. The van der Waals surface area contributed by atoms with E-state index in [0.29, 0.717) is 12.1 Å². The molecule has 0 spiro atoms. The van der Waals surface area contributed by atoms with Gasteiger partial charge >= 0.3 is 0 Å². The molecule has 1 heterocycles. The second kappa shape index (κ2) is 5.99. The lowest BCUT2D eigenvalue weighted by Gasteiger charge is -2.39.